The molecule has 1 aliphatic rings. The van der Waals surface area contributed by atoms with Gasteiger partial charge in [0.1, 0.15) is 0 Å². The molecular weight excluding hydrogens is 353 g/mol. The molecule has 0 bridgehead atoms. The fraction of sp³-hybridized carbons (Fsp3) is 0.188. The van der Waals surface area contributed by atoms with E-state index >= 15 is 0 Å². The van der Waals surface area contributed by atoms with E-state index in [2.05, 4.69) is 60.7 Å². The standard InChI is InChI=1S/C11H11Si.C5H6N.2ClH.Ti/c1-12(2)11-7-9-5-3-4-6-10(9)8-11;1-5-2-3-6-4-5;;;/h3-7H,1-2H3;2-3,6H,1H3;2*1H;/q2*-1;;;+4/p-2. The Morgan fingerprint density at radius 3 is 2.14 bits per heavy atom. The van der Waals surface area contributed by atoms with Crippen molar-refractivity contribution in [3.63, 3.8) is 0 Å². The molecule has 0 saturated carbocycles. The van der Waals surface area contributed by atoms with Gasteiger partial charge in [-0.2, -0.15) is 29.1 Å². The summed E-state index contributed by atoms with van der Waals surface area (Å²) in [5.74, 6) is 0. The van der Waals surface area contributed by atoms with E-state index in [9.17, 15) is 0 Å². The first-order valence-corrected chi connectivity index (χ1v) is 8.57. The average molecular weight is 370 g/mol. The Morgan fingerprint density at radius 1 is 1.05 bits per heavy atom. The maximum atomic E-state index is 3.44. The molecule has 0 atom stereocenters. The number of aromatic nitrogens is 1. The maximum Gasteiger partial charge on any atom is 4.00 e. The molecule has 0 radical (unpaired) electrons. The minimum atomic E-state index is -0.329. The van der Waals surface area contributed by atoms with Gasteiger partial charge < -0.3 is 29.8 Å². The van der Waals surface area contributed by atoms with Gasteiger partial charge in [-0.15, -0.1) is 40.9 Å². The number of hydrogen-bond acceptors (Lipinski definition) is 0. The van der Waals surface area contributed by atoms with E-state index in [1.54, 1.807) is 0 Å². The molecule has 0 unspecified atom stereocenters. The average Bonchev–Trinajstić information content (AvgIpc) is 2.97. The zero-order chi connectivity index (χ0) is 13.0. The second-order valence-corrected chi connectivity index (χ2v) is 7.09. The second kappa shape index (κ2) is 11.2. The summed E-state index contributed by atoms with van der Waals surface area (Å²) in [5.41, 5.74) is 1.16. The number of halogens is 2. The van der Waals surface area contributed by atoms with Crippen molar-refractivity contribution in [3.8, 4) is 0 Å². The maximum absolute atomic E-state index is 3.44. The van der Waals surface area contributed by atoms with Crippen LogP contribution in [-0.2, 0) is 21.7 Å². The fourth-order valence-electron chi connectivity index (χ4n) is 1.71. The van der Waals surface area contributed by atoms with E-state index in [-0.39, 0.29) is 54.9 Å². The van der Waals surface area contributed by atoms with Crippen LogP contribution < -0.4 is 35.3 Å². The van der Waals surface area contributed by atoms with Crippen molar-refractivity contribution in [2.45, 2.75) is 20.0 Å². The number of benzene rings is 1. The van der Waals surface area contributed by atoms with Crippen LogP contribution in [0.15, 0.2) is 36.5 Å². The van der Waals surface area contributed by atoms with Gasteiger partial charge in [0.05, 0.1) is 0 Å². The van der Waals surface area contributed by atoms with Crippen LogP contribution in [-0.4, -0.2) is 18.6 Å². The number of hydrogen-bond donors (Lipinski definition) is 1. The van der Waals surface area contributed by atoms with Crippen LogP contribution in [0.4, 0.5) is 0 Å². The summed E-state index contributed by atoms with van der Waals surface area (Å²) in [7, 11) is -0.329. The number of aryl methyl sites for hydroxylation is 1. The SMILES string of the molecule is C[Si](C)=C1[C-]=c2ccccc2=C1.Cc1[c-][nH]cc1.[Cl-].[Cl-].[Ti+4]. The number of aromatic amines is 1. The third-order valence-electron chi connectivity index (χ3n) is 2.75. The first kappa shape index (κ1) is 22.9. The summed E-state index contributed by atoms with van der Waals surface area (Å²) in [4.78, 5) is 2.80. The molecule has 21 heavy (non-hydrogen) atoms. The normalized spacial score (nSPS) is 10.1. The molecule has 1 aromatic carbocycles. The van der Waals surface area contributed by atoms with Gasteiger partial charge in [0.25, 0.3) is 0 Å². The van der Waals surface area contributed by atoms with Crippen LogP contribution in [0.2, 0.25) is 13.1 Å². The third-order valence-corrected chi connectivity index (χ3v) is 4.10. The van der Waals surface area contributed by atoms with Crippen LogP contribution in [0.3, 0.4) is 0 Å². The Labute approximate surface area is 155 Å². The van der Waals surface area contributed by atoms with Gasteiger partial charge in [-0.3, -0.25) is 0 Å². The van der Waals surface area contributed by atoms with E-state index in [0.29, 0.717) is 0 Å². The molecule has 1 heterocycles. The second-order valence-electron chi connectivity index (χ2n) is 4.56. The zero-order valence-electron chi connectivity index (χ0n) is 12.3. The monoisotopic (exact) mass is 369 g/mol. The van der Waals surface area contributed by atoms with Gasteiger partial charge in [0.2, 0.25) is 0 Å². The summed E-state index contributed by atoms with van der Waals surface area (Å²) >= 11 is 0. The fourth-order valence-corrected chi connectivity index (χ4v) is 2.54. The molecule has 0 spiro atoms. The Hall–Kier alpha value is -0.379. The van der Waals surface area contributed by atoms with Gasteiger partial charge >= 0.3 is 21.7 Å². The molecular formula is C16H17Cl2NSiTi. The summed E-state index contributed by atoms with van der Waals surface area (Å²) in [6, 6.07) is 10.4. The van der Waals surface area contributed by atoms with Crippen LogP contribution in [0.5, 0.6) is 0 Å². The number of nitrogens with one attached hydrogen (secondary N) is 1. The number of rotatable bonds is 0. The third kappa shape index (κ3) is 6.94. The van der Waals surface area contributed by atoms with Crippen molar-refractivity contribution in [2.24, 2.45) is 0 Å². The van der Waals surface area contributed by atoms with E-state index in [4.69, 9.17) is 0 Å². The van der Waals surface area contributed by atoms with E-state index < -0.39 is 0 Å². The van der Waals surface area contributed by atoms with E-state index in [1.165, 1.54) is 15.6 Å². The van der Waals surface area contributed by atoms with Gasteiger partial charge in [0, 0.05) is 0 Å². The molecule has 1 aliphatic carbocycles. The first-order valence-electron chi connectivity index (χ1n) is 6.07. The molecule has 1 nitrogen and oxygen atoms in total. The van der Waals surface area contributed by atoms with Gasteiger partial charge in [-0.25, -0.2) is 0 Å². The molecule has 0 aliphatic heterocycles. The van der Waals surface area contributed by atoms with Gasteiger partial charge in [-0.1, -0.05) is 26.1 Å². The van der Waals surface area contributed by atoms with Crippen LogP contribution >= 0.6 is 0 Å². The summed E-state index contributed by atoms with van der Waals surface area (Å²) in [6.45, 7) is 6.60. The molecule has 108 valence electrons. The van der Waals surface area contributed by atoms with Gasteiger partial charge in [-0.05, 0) is 8.41 Å². The van der Waals surface area contributed by atoms with Crippen molar-refractivity contribution in [3.05, 3.63) is 58.7 Å². The van der Waals surface area contributed by atoms with Crippen molar-refractivity contribution in [1.29, 1.82) is 0 Å². The smallest absolute Gasteiger partial charge is 1.00 e. The summed E-state index contributed by atoms with van der Waals surface area (Å²) in [5, 5.41) is 4.01. The largest absolute Gasteiger partial charge is 4.00 e. The summed E-state index contributed by atoms with van der Waals surface area (Å²) < 4.78 is 0. The molecule has 1 aromatic heterocycles. The van der Waals surface area contributed by atoms with E-state index in [1.807, 2.05) is 19.2 Å². The molecule has 0 saturated heterocycles. The Bertz CT molecular complexity index is 638. The van der Waals surface area contributed by atoms with E-state index in [0.717, 1.165) is 5.56 Å². The van der Waals surface area contributed by atoms with Crippen molar-refractivity contribution in [1.82, 2.24) is 4.98 Å². The molecule has 0 amide bonds. The predicted octanol–water partition coefficient (Wildman–Crippen LogP) is -4.22. The van der Waals surface area contributed by atoms with Crippen molar-refractivity contribution >= 4 is 25.7 Å². The van der Waals surface area contributed by atoms with Crippen LogP contribution in [0.25, 0.3) is 12.2 Å². The minimum absolute atomic E-state index is 0. The Balaban J connectivity index is 0. The minimum Gasteiger partial charge on any atom is -1.00 e. The van der Waals surface area contributed by atoms with Crippen molar-refractivity contribution < 1.29 is 46.5 Å². The Kier molecular flexibility index (Phi) is 12.2. The predicted molar refractivity (Wildman–Crippen MR) is 80.4 cm³/mol. The summed E-state index contributed by atoms with van der Waals surface area (Å²) in [6.07, 6.45) is 10.4. The topological polar surface area (TPSA) is 15.8 Å². The van der Waals surface area contributed by atoms with Gasteiger partial charge in [0.15, 0.2) is 0 Å². The number of fused-ring (bicyclic) bond motifs is 1. The molecule has 2 aromatic rings. The first-order chi connectivity index (χ1) is 8.66. The zero-order valence-corrected chi connectivity index (χ0v) is 16.4. The van der Waals surface area contributed by atoms with Crippen LogP contribution in [0, 0.1) is 13.1 Å². The molecule has 3 rings (SSSR count). The molecule has 5 heteroatoms. The number of H-pyrrole nitrogens is 1. The Morgan fingerprint density at radius 2 is 1.71 bits per heavy atom. The van der Waals surface area contributed by atoms with Crippen LogP contribution in [0.1, 0.15) is 5.56 Å². The van der Waals surface area contributed by atoms with Crippen molar-refractivity contribution in [2.75, 3.05) is 0 Å². The quantitative estimate of drug-likeness (QED) is 0.358. The molecule has 0 fully saturated rings. The molecule has 1 N–H and O–H groups in total.